The molecule has 2 aliphatic heterocycles. The second kappa shape index (κ2) is 13.2. The SMILES string of the molecule is COC(=O)c1ccc(NC(=O)C(CC2COCCO2)n2cc(OC)c(-c3cc(Cl)ccc3C3=NOCC3)cc2=O)cc1. The number of nitrogens with one attached hydrogen (secondary N) is 1. The summed E-state index contributed by atoms with van der Waals surface area (Å²) in [5.41, 5.74) is 3.01. The Morgan fingerprint density at radius 2 is 1.88 bits per heavy atom. The molecule has 220 valence electrons. The molecule has 12 heteroatoms. The topological polar surface area (TPSA) is 127 Å². The van der Waals surface area contributed by atoms with Gasteiger partial charge in [-0.3, -0.25) is 14.2 Å². The molecule has 2 unspecified atom stereocenters. The second-order valence-corrected chi connectivity index (χ2v) is 10.1. The maximum atomic E-state index is 13.7. The number of benzene rings is 2. The van der Waals surface area contributed by atoms with Crippen LogP contribution < -0.4 is 15.6 Å². The monoisotopic (exact) mass is 595 g/mol. The van der Waals surface area contributed by atoms with E-state index in [1.54, 1.807) is 36.4 Å². The van der Waals surface area contributed by atoms with Crippen LogP contribution in [0.4, 0.5) is 5.69 Å². The standard InChI is InChI=1S/C30H30ClN3O8/c1-38-27-16-34(28(35)15-24(27)23-13-19(31)5-8-22(23)25-9-10-42-33-25)26(14-21-17-40-11-12-41-21)29(36)32-20-6-3-18(4-7-20)30(37)39-2/h3-8,13,15-16,21,26H,9-12,14,17H2,1-2H3,(H,32,36). The van der Waals surface area contributed by atoms with Crippen molar-refractivity contribution in [2.75, 3.05) is 46.0 Å². The van der Waals surface area contributed by atoms with Gasteiger partial charge in [-0.25, -0.2) is 4.79 Å². The van der Waals surface area contributed by atoms with Gasteiger partial charge >= 0.3 is 5.97 Å². The molecule has 2 aromatic carbocycles. The minimum absolute atomic E-state index is 0.172. The van der Waals surface area contributed by atoms with Crippen molar-refractivity contribution in [3.63, 3.8) is 0 Å². The first-order valence-electron chi connectivity index (χ1n) is 13.4. The molecule has 1 aromatic heterocycles. The lowest BCUT2D eigenvalue weighted by Gasteiger charge is -2.28. The lowest BCUT2D eigenvalue weighted by molar-refractivity contribution is -0.124. The third-order valence-corrected chi connectivity index (χ3v) is 7.27. The maximum absolute atomic E-state index is 13.7. The molecule has 0 aliphatic carbocycles. The van der Waals surface area contributed by atoms with Crippen molar-refractivity contribution in [3.05, 3.63) is 81.2 Å². The number of aromatic nitrogens is 1. The molecule has 2 atom stereocenters. The zero-order valence-electron chi connectivity index (χ0n) is 23.1. The van der Waals surface area contributed by atoms with Gasteiger partial charge in [0.1, 0.15) is 18.4 Å². The molecule has 3 aromatic rings. The molecule has 1 saturated heterocycles. The lowest BCUT2D eigenvalue weighted by atomic mass is 9.95. The number of methoxy groups -OCH3 is 2. The van der Waals surface area contributed by atoms with Gasteiger partial charge in [0.15, 0.2) is 0 Å². The van der Waals surface area contributed by atoms with E-state index in [1.165, 1.54) is 31.0 Å². The fourth-order valence-corrected chi connectivity index (χ4v) is 5.11. The van der Waals surface area contributed by atoms with E-state index in [9.17, 15) is 14.4 Å². The van der Waals surface area contributed by atoms with Gasteiger partial charge < -0.3 is 29.1 Å². The number of nitrogens with zero attached hydrogens (tertiary/aromatic N) is 2. The first kappa shape index (κ1) is 29.3. The molecular weight excluding hydrogens is 566 g/mol. The Labute approximate surface area is 246 Å². The molecular formula is C30H30ClN3O8. The van der Waals surface area contributed by atoms with Crippen LogP contribution in [0.3, 0.4) is 0 Å². The van der Waals surface area contributed by atoms with Crippen molar-refractivity contribution < 1.29 is 33.4 Å². The number of halogens is 1. The van der Waals surface area contributed by atoms with Crippen LogP contribution in [-0.2, 0) is 23.8 Å². The minimum atomic E-state index is -0.973. The number of pyridine rings is 1. The largest absolute Gasteiger partial charge is 0.495 e. The Morgan fingerprint density at radius 1 is 1.07 bits per heavy atom. The van der Waals surface area contributed by atoms with Crippen LogP contribution in [0.5, 0.6) is 5.75 Å². The summed E-state index contributed by atoms with van der Waals surface area (Å²) < 4.78 is 23.2. The summed E-state index contributed by atoms with van der Waals surface area (Å²) in [7, 11) is 2.78. The van der Waals surface area contributed by atoms with Crippen LogP contribution in [-0.4, -0.2) is 68.9 Å². The summed E-state index contributed by atoms with van der Waals surface area (Å²) in [5, 5.41) is 7.46. The predicted octanol–water partition coefficient (Wildman–Crippen LogP) is 4.07. The Balaban J connectivity index is 1.52. The molecule has 0 spiro atoms. The molecule has 1 N–H and O–H groups in total. The average molecular weight is 596 g/mol. The summed E-state index contributed by atoms with van der Waals surface area (Å²) in [4.78, 5) is 44.4. The Kier molecular flexibility index (Phi) is 9.21. The zero-order valence-corrected chi connectivity index (χ0v) is 23.9. The van der Waals surface area contributed by atoms with E-state index in [1.807, 2.05) is 6.07 Å². The van der Waals surface area contributed by atoms with Crippen molar-refractivity contribution >= 4 is 34.9 Å². The third-order valence-electron chi connectivity index (χ3n) is 7.03. The van der Waals surface area contributed by atoms with Gasteiger partial charge in [-0.2, -0.15) is 0 Å². The number of anilines is 1. The van der Waals surface area contributed by atoms with Crippen LogP contribution in [0, 0.1) is 0 Å². The first-order valence-corrected chi connectivity index (χ1v) is 13.7. The van der Waals surface area contributed by atoms with E-state index in [-0.39, 0.29) is 13.0 Å². The van der Waals surface area contributed by atoms with Gasteiger partial charge in [0, 0.05) is 40.7 Å². The quantitative estimate of drug-likeness (QED) is 0.367. The van der Waals surface area contributed by atoms with E-state index in [0.29, 0.717) is 59.4 Å². The molecule has 3 heterocycles. The highest BCUT2D eigenvalue weighted by molar-refractivity contribution is 6.31. The second-order valence-electron chi connectivity index (χ2n) is 9.69. The highest BCUT2D eigenvalue weighted by Gasteiger charge is 2.29. The van der Waals surface area contributed by atoms with Gasteiger partial charge in [0.25, 0.3) is 5.56 Å². The van der Waals surface area contributed by atoms with Crippen molar-refractivity contribution in [1.29, 1.82) is 0 Å². The predicted molar refractivity (Wildman–Crippen MR) is 155 cm³/mol. The molecule has 5 rings (SSSR count). The van der Waals surface area contributed by atoms with Gasteiger partial charge in [-0.05, 0) is 42.0 Å². The van der Waals surface area contributed by atoms with E-state index in [2.05, 4.69) is 10.5 Å². The fourth-order valence-electron chi connectivity index (χ4n) is 4.93. The number of amides is 1. The molecule has 0 radical (unpaired) electrons. The average Bonchev–Trinajstić information content (AvgIpc) is 3.55. The number of esters is 1. The van der Waals surface area contributed by atoms with Gasteiger partial charge in [-0.15, -0.1) is 0 Å². The number of carbonyl (C=O) groups excluding carboxylic acids is 2. The van der Waals surface area contributed by atoms with Crippen LogP contribution in [0.2, 0.25) is 5.02 Å². The minimum Gasteiger partial charge on any atom is -0.495 e. The Hall–Kier alpha value is -4.19. The highest BCUT2D eigenvalue weighted by atomic mass is 35.5. The smallest absolute Gasteiger partial charge is 0.337 e. The summed E-state index contributed by atoms with van der Waals surface area (Å²) >= 11 is 6.35. The molecule has 0 saturated carbocycles. The fraction of sp³-hybridized carbons (Fsp3) is 0.333. The first-order chi connectivity index (χ1) is 20.4. The van der Waals surface area contributed by atoms with Gasteiger partial charge in [0.2, 0.25) is 5.91 Å². The van der Waals surface area contributed by atoms with Crippen LogP contribution in [0.15, 0.2) is 64.7 Å². The number of ether oxygens (including phenoxy) is 4. The van der Waals surface area contributed by atoms with Crippen molar-refractivity contribution in [2.45, 2.75) is 25.0 Å². The van der Waals surface area contributed by atoms with Gasteiger partial charge in [-0.1, -0.05) is 22.8 Å². The number of hydrogen-bond acceptors (Lipinski definition) is 9. The normalized spacial score (nSPS) is 17.1. The Bertz CT molecular complexity index is 1550. The molecule has 42 heavy (non-hydrogen) atoms. The summed E-state index contributed by atoms with van der Waals surface area (Å²) in [6, 6.07) is 12.0. The molecule has 0 bridgehead atoms. The number of hydrogen-bond donors (Lipinski definition) is 1. The summed E-state index contributed by atoms with van der Waals surface area (Å²) in [6.07, 6.45) is 1.89. The van der Waals surface area contributed by atoms with E-state index in [4.69, 9.17) is 35.4 Å². The van der Waals surface area contributed by atoms with Crippen molar-refractivity contribution in [2.24, 2.45) is 5.16 Å². The van der Waals surface area contributed by atoms with Crippen molar-refractivity contribution in [1.82, 2.24) is 4.57 Å². The molecule has 2 aliphatic rings. The van der Waals surface area contributed by atoms with Gasteiger partial charge in [0.05, 0.1) is 57.6 Å². The van der Waals surface area contributed by atoms with E-state index >= 15 is 0 Å². The molecule has 11 nitrogen and oxygen atoms in total. The maximum Gasteiger partial charge on any atom is 0.337 e. The Morgan fingerprint density at radius 3 is 2.55 bits per heavy atom. The lowest BCUT2D eigenvalue weighted by Crippen LogP contribution is -2.38. The zero-order chi connectivity index (χ0) is 29.6. The summed E-state index contributed by atoms with van der Waals surface area (Å²) in [6.45, 7) is 1.60. The highest BCUT2D eigenvalue weighted by Crippen LogP contribution is 2.35. The summed E-state index contributed by atoms with van der Waals surface area (Å²) in [5.74, 6) is -0.583. The van der Waals surface area contributed by atoms with E-state index < -0.39 is 29.6 Å². The number of rotatable bonds is 9. The van der Waals surface area contributed by atoms with Crippen LogP contribution in [0.25, 0.3) is 11.1 Å². The van der Waals surface area contributed by atoms with E-state index in [0.717, 1.165) is 11.3 Å². The van der Waals surface area contributed by atoms with Crippen molar-refractivity contribution in [3.8, 4) is 16.9 Å². The number of carbonyl (C=O) groups is 2. The van der Waals surface area contributed by atoms with Crippen LogP contribution >= 0.6 is 11.6 Å². The molecule has 1 amide bonds. The third kappa shape index (κ3) is 6.48. The molecule has 1 fully saturated rings. The van der Waals surface area contributed by atoms with Crippen LogP contribution in [0.1, 0.15) is 34.8 Å². The number of oxime groups is 1.